The van der Waals surface area contributed by atoms with Crippen LogP contribution in [0.4, 0.5) is 0 Å². The summed E-state index contributed by atoms with van der Waals surface area (Å²) in [6.07, 6.45) is 4.50. The first-order chi connectivity index (χ1) is 16.0. The van der Waals surface area contributed by atoms with E-state index in [0.29, 0.717) is 11.4 Å². The number of nitrogens with two attached hydrogens (primary N) is 2. The van der Waals surface area contributed by atoms with Crippen LogP contribution in [-0.2, 0) is 30.4 Å². The second kappa shape index (κ2) is 14.2. The monoisotopic (exact) mass is 499 g/mol. The second-order valence-electron chi connectivity index (χ2n) is 8.03. The Morgan fingerprint density at radius 2 is 1.74 bits per heavy atom. The number of thioether (sulfide) groups is 1. The van der Waals surface area contributed by atoms with Crippen LogP contribution in [0.2, 0.25) is 0 Å². The van der Waals surface area contributed by atoms with Gasteiger partial charge in [0.1, 0.15) is 18.1 Å². The van der Waals surface area contributed by atoms with Crippen molar-refractivity contribution in [3.63, 3.8) is 0 Å². The summed E-state index contributed by atoms with van der Waals surface area (Å²) >= 11 is 1.45. The van der Waals surface area contributed by atoms with Crippen LogP contribution < -0.4 is 27.4 Å². The first kappa shape index (κ1) is 28.9. The number of aromatic nitrogens is 2. The summed E-state index contributed by atoms with van der Waals surface area (Å²) in [6, 6.07) is -4.55. The number of hydrogen-bond donors (Lipinski definition) is 7. The van der Waals surface area contributed by atoms with Crippen molar-refractivity contribution in [3.8, 4) is 0 Å². The van der Waals surface area contributed by atoms with Gasteiger partial charge in [-0.15, -0.1) is 0 Å². The zero-order valence-electron chi connectivity index (χ0n) is 19.4. The number of hydrogen-bond acceptors (Lipinski definition) is 8. The summed E-state index contributed by atoms with van der Waals surface area (Å²) in [5.41, 5.74) is 11.2. The van der Waals surface area contributed by atoms with Crippen LogP contribution in [0, 0.1) is 5.92 Å². The van der Waals surface area contributed by atoms with Crippen LogP contribution in [0.25, 0.3) is 0 Å². The summed E-state index contributed by atoms with van der Waals surface area (Å²) in [5, 5.41) is 17.0. The molecule has 190 valence electrons. The number of imidazole rings is 1. The maximum Gasteiger partial charge on any atom is 0.326 e. The molecule has 0 fully saturated rings. The Labute approximate surface area is 201 Å². The molecule has 0 aliphatic carbocycles. The Morgan fingerprint density at radius 3 is 2.24 bits per heavy atom. The van der Waals surface area contributed by atoms with E-state index in [2.05, 4.69) is 25.9 Å². The molecular formula is C20H33N7O6S. The number of nitrogens with zero attached hydrogens (tertiary/aromatic N) is 1. The molecular weight excluding hydrogens is 466 g/mol. The van der Waals surface area contributed by atoms with Crippen LogP contribution >= 0.6 is 11.8 Å². The van der Waals surface area contributed by atoms with Crippen molar-refractivity contribution < 1.29 is 29.1 Å². The van der Waals surface area contributed by atoms with E-state index >= 15 is 0 Å². The highest BCUT2D eigenvalue weighted by Crippen LogP contribution is 2.08. The van der Waals surface area contributed by atoms with Crippen molar-refractivity contribution in [1.29, 1.82) is 0 Å². The van der Waals surface area contributed by atoms with Gasteiger partial charge in [-0.2, -0.15) is 11.8 Å². The molecule has 0 aromatic carbocycles. The normalized spacial score (nSPS) is 14.5. The lowest BCUT2D eigenvalue weighted by Gasteiger charge is -2.26. The highest BCUT2D eigenvalue weighted by Gasteiger charge is 2.32. The Hall–Kier alpha value is -3.13. The second-order valence-corrected chi connectivity index (χ2v) is 9.02. The molecule has 4 atom stereocenters. The van der Waals surface area contributed by atoms with E-state index in [9.17, 15) is 29.1 Å². The number of H-pyrrole nitrogens is 1. The predicted molar refractivity (Wildman–Crippen MR) is 125 cm³/mol. The van der Waals surface area contributed by atoms with Crippen LogP contribution in [0.15, 0.2) is 12.5 Å². The van der Waals surface area contributed by atoms with Crippen molar-refractivity contribution in [2.24, 2.45) is 17.4 Å². The number of aliphatic carboxylic acids is 1. The van der Waals surface area contributed by atoms with Gasteiger partial charge in [0.2, 0.25) is 23.6 Å². The quantitative estimate of drug-likeness (QED) is 0.143. The van der Waals surface area contributed by atoms with Gasteiger partial charge in [0.05, 0.1) is 18.8 Å². The number of carboxylic acids is 1. The average Bonchev–Trinajstić information content (AvgIpc) is 3.26. The zero-order chi connectivity index (χ0) is 25.8. The lowest BCUT2D eigenvalue weighted by Crippen LogP contribution is -2.58. The van der Waals surface area contributed by atoms with Crippen molar-refractivity contribution >= 4 is 41.4 Å². The summed E-state index contributed by atoms with van der Waals surface area (Å²) in [7, 11) is 0. The van der Waals surface area contributed by atoms with Gasteiger partial charge in [0.15, 0.2) is 0 Å². The van der Waals surface area contributed by atoms with E-state index in [4.69, 9.17) is 11.5 Å². The minimum Gasteiger partial charge on any atom is -0.480 e. The van der Waals surface area contributed by atoms with Crippen molar-refractivity contribution in [2.75, 3.05) is 12.0 Å². The van der Waals surface area contributed by atoms with E-state index in [1.54, 1.807) is 13.8 Å². The molecule has 9 N–H and O–H groups in total. The first-order valence-electron chi connectivity index (χ1n) is 10.6. The molecule has 1 heterocycles. The molecule has 13 nitrogen and oxygen atoms in total. The van der Waals surface area contributed by atoms with Gasteiger partial charge in [-0.25, -0.2) is 9.78 Å². The highest BCUT2D eigenvalue weighted by molar-refractivity contribution is 7.98. The third-order valence-corrected chi connectivity index (χ3v) is 5.49. The zero-order valence-corrected chi connectivity index (χ0v) is 20.2. The molecule has 0 aliphatic rings. The molecule has 4 unspecified atom stereocenters. The standard InChI is InChI=1S/C20H33N7O6S/c1-10(2)16(27-17(29)12(21)7-15(22)28)19(31)25-13(4-5-34-3)18(30)26-14(20(32)33)6-11-8-23-9-24-11/h8-10,12-14,16H,4-7,21H2,1-3H3,(H2,22,28)(H,23,24)(H,25,31)(H,26,30)(H,27,29)(H,32,33). The molecule has 0 radical (unpaired) electrons. The van der Waals surface area contributed by atoms with Crippen LogP contribution in [0.1, 0.15) is 32.4 Å². The van der Waals surface area contributed by atoms with Gasteiger partial charge in [-0.05, 0) is 24.3 Å². The van der Waals surface area contributed by atoms with E-state index < -0.39 is 53.8 Å². The van der Waals surface area contributed by atoms with Crippen molar-refractivity contribution in [1.82, 2.24) is 25.9 Å². The third kappa shape index (κ3) is 9.79. The average molecular weight is 500 g/mol. The van der Waals surface area contributed by atoms with Crippen LogP contribution in [-0.4, -0.2) is 80.8 Å². The predicted octanol–water partition coefficient (Wildman–Crippen LogP) is -1.90. The van der Waals surface area contributed by atoms with Gasteiger partial charge in [0.25, 0.3) is 0 Å². The highest BCUT2D eigenvalue weighted by atomic mass is 32.2. The molecule has 1 rings (SSSR count). The first-order valence-corrected chi connectivity index (χ1v) is 12.0. The smallest absolute Gasteiger partial charge is 0.326 e. The SMILES string of the molecule is CSCCC(NC(=O)C(NC(=O)C(N)CC(N)=O)C(C)C)C(=O)NC(Cc1cnc[nH]1)C(=O)O. The van der Waals surface area contributed by atoms with E-state index in [1.807, 2.05) is 6.26 Å². The van der Waals surface area contributed by atoms with Crippen LogP contribution in [0.5, 0.6) is 0 Å². The summed E-state index contributed by atoms with van der Waals surface area (Å²) in [5.74, 6) is -3.91. The Balaban J connectivity index is 2.92. The fourth-order valence-electron chi connectivity index (χ4n) is 2.96. The van der Waals surface area contributed by atoms with Gasteiger partial charge in [-0.3, -0.25) is 19.2 Å². The molecule has 4 amide bonds. The van der Waals surface area contributed by atoms with Gasteiger partial charge >= 0.3 is 5.97 Å². The number of carbonyl (C=O) groups excluding carboxylic acids is 4. The molecule has 0 saturated heterocycles. The van der Waals surface area contributed by atoms with Crippen LogP contribution in [0.3, 0.4) is 0 Å². The summed E-state index contributed by atoms with van der Waals surface area (Å²) < 4.78 is 0. The third-order valence-electron chi connectivity index (χ3n) is 4.84. The van der Waals surface area contributed by atoms with Gasteiger partial charge < -0.3 is 37.5 Å². The number of nitrogens with one attached hydrogen (secondary N) is 4. The molecule has 0 saturated carbocycles. The van der Waals surface area contributed by atoms with Crippen molar-refractivity contribution in [3.05, 3.63) is 18.2 Å². The molecule has 1 aromatic heterocycles. The molecule has 1 aromatic rings. The van der Waals surface area contributed by atoms with E-state index in [1.165, 1.54) is 24.3 Å². The van der Waals surface area contributed by atoms with E-state index in [-0.39, 0.29) is 25.2 Å². The lowest BCUT2D eigenvalue weighted by atomic mass is 10.0. The number of primary amides is 1. The number of carbonyl (C=O) groups is 5. The Bertz CT molecular complexity index is 848. The molecule has 14 heteroatoms. The lowest BCUT2D eigenvalue weighted by molar-refractivity contribution is -0.142. The van der Waals surface area contributed by atoms with Gasteiger partial charge in [-0.1, -0.05) is 13.8 Å². The fourth-order valence-corrected chi connectivity index (χ4v) is 3.43. The molecule has 0 aliphatic heterocycles. The van der Waals surface area contributed by atoms with Gasteiger partial charge in [0, 0.05) is 18.3 Å². The largest absolute Gasteiger partial charge is 0.480 e. The minimum atomic E-state index is -1.24. The number of rotatable bonds is 15. The molecule has 34 heavy (non-hydrogen) atoms. The summed E-state index contributed by atoms with van der Waals surface area (Å²) in [4.78, 5) is 67.4. The maximum absolute atomic E-state index is 12.9. The molecule has 0 bridgehead atoms. The summed E-state index contributed by atoms with van der Waals surface area (Å²) in [6.45, 7) is 3.37. The number of carboxylic acid groups (broad SMARTS) is 1. The Morgan fingerprint density at radius 1 is 1.09 bits per heavy atom. The fraction of sp³-hybridized carbons (Fsp3) is 0.600. The topological polar surface area (TPSA) is 222 Å². The van der Waals surface area contributed by atoms with E-state index in [0.717, 1.165) is 0 Å². The molecule has 0 spiro atoms. The minimum absolute atomic E-state index is 0.0211. The number of amides is 4. The maximum atomic E-state index is 12.9. The number of aromatic amines is 1. The van der Waals surface area contributed by atoms with Crippen molar-refractivity contribution in [2.45, 2.75) is 57.3 Å². The Kier molecular flexibility index (Phi) is 12.1.